The molecule has 1 heterocycles. The Labute approximate surface area is 122 Å². The molecule has 1 N–H and O–H groups in total. The van der Waals surface area contributed by atoms with Crippen molar-refractivity contribution in [3.63, 3.8) is 0 Å². The zero-order chi connectivity index (χ0) is 14.8. The molecule has 4 heteroatoms. The minimum absolute atomic E-state index is 0.213. The van der Waals surface area contributed by atoms with E-state index in [1.807, 2.05) is 36.4 Å². The van der Waals surface area contributed by atoms with Crippen LogP contribution in [0.25, 0.3) is 22.2 Å². The summed E-state index contributed by atoms with van der Waals surface area (Å²) >= 11 is 0. The first-order chi connectivity index (χ1) is 10.2. The predicted octanol–water partition coefficient (Wildman–Crippen LogP) is 3.62. The van der Waals surface area contributed by atoms with E-state index in [4.69, 9.17) is 9.47 Å². The van der Waals surface area contributed by atoms with Crippen molar-refractivity contribution in [1.82, 2.24) is 4.98 Å². The van der Waals surface area contributed by atoms with Gasteiger partial charge in [-0.05, 0) is 24.3 Å². The van der Waals surface area contributed by atoms with E-state index in [1.54, 1.807) is 26.4 Å². The SMILES string of the molecule is COc1cc2ccc(-c3ccccc3O)nc2cc1OC. The number of hydrogen-bond donors (Lipinski definition) is 1. The number of methoxy groups -OCH3 is 2. The Balaban J connectivity index is 2.18. The van der Waals surface area contributed by atoms with Crippen LogP contribution in [0.4, 0.5) is 0 Å². The molecule has 0 amide bonds. The Bertz CT molecular complexity index is 799. The Morgan fingerprint density at radius 3 is 2.33 bits per heavy atom. The molecule has 106 valence electrons. The number of pyridine rings is 1. The second-order valence-corrected chi connectivity index (χ2v) is 4.61. The Hall–Kier alpha value is -2.75. The van der Waals surface area contributed by atoms with Crippen LogP contribution in [0.2, 0.25) is 0 Å². The average molecular weight is 281 g/mol. The molecule has 0 atom stereocenters. The summed E-state index contributed by atoms with van der Waals surface area (Å²) in [6, 6.07) is 14.7. The molecule has 0 saturated carbocycles. The van der Waals surface area contributed by atoms with Crippen LogP contribution in [0.5, 0.6) is 17.2 Å². The van der Waals surface area contributed by atoms with Crippen molar-refractivity contribution < 1.29 is 14.6 Å². The van der Waals surface area contributed by atoms with Crippen LogP contribution in [-0.2, 0) is 0 Å². The molecular formula is C17H15NO3. The van der Waals surface area contributed by atoms with Gasteiger partial charge in [0.05, 0.1) is 25.4 Å². The highest BCUT2D eigenvalue weighted by Crippen LogP contribution is 2.34. The van der Waals surface area contributed by atoms with Gasteiger partial charge in [0.15, 0.2) is 11.5 Å². The van der Waals surface area contributed by atoms with Gasteiger partial charge in [-0.3, -0.25) is 0 Å². The summed E-state index contributed by atoms with van der Waals surface area (Å²) < 4.78 is 10.6. The molecule has 0 fully saturated rings. The first-order valence-electron chi connectivity index (χ1n) is 6.54. The molecule has 3 rings (SSSR count). The smallest absolute Gasteiger partial charge is 0.162 e. The molecule has 0 aliphatic rings. The van der Waals surface area contributed by atoms with E-state index in [9.17, 15) is 5.11 Å². The largest absolute Gasteiger partial charge is 0.507 e. The van der Waals surface area contributed by atoms with E-state index in [0.29, 0.717) is 22.8 Å². The lowest BCUT2D eigenvalue weighted by molar-refractivity contribution is 0.356. The average Bonchev–Trinajstić information content (AvgIpc) is 2.53. The molecule has 0 spiro atoms. The molecule has 0 radical (unpaired) electrons. The maximum Gasteiger partial charge on any atom is 0.162 e. The lowest BCUT2D eigenvalue weighted by Crippen LogP contribution is -1.92. The number of hydrogen-bond acceptors (Lipinski definition) is 4. The van der Waals surface area contributed by atoms with Gasteiger partial charge in [0, 0.05) is 17.0 Å². The molecule has 0 bridgehead atoms. The standard InChI is InChI=1S/C17H15NO3/c1-20-16-9-11-7-8-13(12-5-3-4-6-15(12)19)18-14(11)10-17(16)21-2/h3-10,19H,1-2H3. The first kappa shape index (κ1) is 13.2. The lowest BCUT2D eigenvalue weighted by Gasteiger charge is -2.10. The fourth-order valence-corrected chi connectivity index (χ4v) is 2.29. The van der Waals surface area contributed by atoms with Crippen molar-refractivity contribution in [2.24, 2.45) is 0 Å². The number of ether oxygens (including phenoxy) is 2. The van der Waals surface area contributed by atoms with Gasteiger partial charge in [-0.1, -0.05) is 18.2 Å². The van der Waals surface area contributed by atoms with Crippen LogP contribution in [0.1, 0.15) is 0 Å². The van der Waals surface area contributed by atoms with E-state index in [0.717, 1.165) is 10.9 Å². The van der Waals surface area contributed by atoms with Crippen molar-refractivity contribution in [1.29, 1.82) is 0 Å². The van der Waals surface area contributed by atoms with E-state index in [1.165, 1.54) is 0 Å². The summed E-state index contributed by atoms with van der Waals surface area (Å²) in [5.74, 6) is 1.51. The molecule has 0 saturated heterocycles. The molecular weight excluding hydrogens is 266 g/mol. The summed E-state index contributed by atoms with van der Waals surface area (Å²) in [7, 11) is 3.20. The third-order valence-corrected chi connectivity index (χ3v) is 3.37. The summed E-state index contributed by atoms with van der Waals surface area (Å²) in [4.78, 5) is 4.59. The topological polar surface area (TPSA) is 51.6 Å². The number of phenols is 1. The molecule has 1 aromatic heterocycles. The number of benzene rings is 2. The summed E-state index contributed by atoms with van der Waals surface area (Å²) in [6.07, 6.45) is 0. The Morgan fingerprint density at radius 2 is 1.62 bits per heavy atom. The highest BCUT2D eigenvalue weighted by molar-refractivity contribution is 5.85. The molecule has 0 aliphatic heterocycles. The second kappa shape index (κ2) is 5.32. The Kier molecular flexibility index (Phi) is 3.36. The van der Waals surface area contributed by atoms with E-state index >= 15 is 0 Å². The Morgan fingerprint density at radius 1 is 0.905 bits per heavy atom. The van der Waals surface area contributed by atoms with Gasteiger partial charge < -0.3 is 14.6 Å². The number of phenolic OH excluding ortho intramolecular Hbond substituents is 1. The fraction of sp³-hybridized carbons (Fsp3) is 0.118. The van der Waals surface area contributed by atoms with Gasteiger partial charge in [-0.15, -0.1) is 0 Å². The summed E-state index contributed by atoms with van der Waals surface area (Å²) in [5.41, 5.74) is 2.20. The summed E-state index contributed by atoms with van der Waals surface area (Å²) in [5, 5.41) is 10.9. The van der Waals surface area contributed by atoms with Crippen molar-refractivity contribution in [3.8, 4) is 28.5 Å². The third kappa shape index (κ3) is 2.36. The van der Waals surface area contributed by atoms with Crippen LogP contribution in [0, 0.1) is 0 Å². The van der Waals surface area contributed by atoms with Crippen LogP contribution in [0.3, 0.4) is 0 Å². The second-order valence-electron chi connectivity index (χ2n) is 4.61. The number of nitrogens with zero attached hydrogens (tertiary/aromatic N) is 1. The van der Waals surface area contributed by atoms with Crippen LogP contribution >= 0.6 is 0 Å². The highest BCUT2D eigenvalue weighted by Gasteiger charge is 2.09. The minimum atomic E-state index is 0.213. The fourth-order valence-electron chi connectivity index (χ4n) is 2.29. The predicted molar refractivity (Wildman–Crippen MR) is 81.9 cm³/mol. The molecule has 0 aliphatic carbocycles. The van der Waals surface area contributed by atoms with E-state index in [-0.39, 0.29) is 5.75 Å². The molecule has 4 nitrogen and oxygen atoms in total. The number of para-hydroxylation sites is 1. The highest BCUT2D eigenvalue weighted by atomic mass is 16.5. The van der Waals surface area contributed by atoms with Gasteiger partial charge >= 0.3 is 0 Å². The maximum atomic E-state index is 9.93. The lowest BCUT2D eigenvalue weighted by atomic mass is 10.1. The number of aromatic hydroxyl groups is 1. The maximum absolute atomic E-state index is 9.93. The van der Waals surface area contributed by atoms with E-state index < -0.39 is 0 Å². The molecule has 3 aromatic rings. The quantitative estimate of drug-likeness (QED) is 0.796. The molecule has 0 unspecified atom stereocenters. The van der Waals surface area contributed by atoms with E-state index in [2.05, 4.69) is 4.98 Å². The monoisotopic (exact) mass is 281 g/mol. The van der Waals surface area contributed by atoms with Crippen LogP contribution in [0.15, 0.2) is 48.5 Å². The normalized spacial score (nSPS) is 10.6. The van der Waals surface area contributed by atoms with Crippen LogP contribution in [-0.4, -0.2) is 24.3 Å². The summed E-state index contributed by atoms with van der Waals surface area (Å²) in [6.45, 7) is 0. The minimum Gasteiger partial charge on any atom is -0.507 e. The third-order valence-electron chi connectivity index (χ3n) is 3.37. The first-order valence-corrected chi connectivity index (χ1v) is 6.54. The van der Waals surface area contributed by atoms with Crippen molar-refractivity contribution in [2.45, 2.75) is 0 Å². The van der Waals surface area contributed by atoms with Gasteiger partial charge in [-0.25, -0.2) is 4.98 Å². The molecule has 2 aromatic carbocycles. The van der Waals surface area contributed by atoms with Crippen molar-refractivity contribution in [3.05, 3.63) is 48.5 Å². The zero-order valence-electron chi connectivity index (χ0n) is 11.8. The van der Waals surface area contributed by atoms with Gasteiger partial charge in [0.25, 0.3) is 0 Å². The van der Waals surface area contributed by atoms with Gasteiger partial charge in [0.2, 0.25) is 0 Å². The number of aromatic nitrogens is 1. The van der Waals surface area contributed by atoms with Crippen molar-refractivity contribution in [2.75, 3.05) is 14.2 Å². The van der Waals surface area contributed by atoms with Gasteiger partial charge in [-0.2, -0.15) is 0 Å². The number of rotatable bonds is 3. The molecule has 21 heavy (non-hydrogen) atoms. The number of fused-ring (bicyclic) bond motifs is 1. The van der Waals surface area contributed by atoms with Gasteiger partial charge in [0.1, 0.15) is 5.75 Å². The van der Waals surface area contributed by atoms with Crippen LogP contribution < -0.4 is 9.47 Å². The zero-order valence-corrected chi connectivity index (χ0v) is 11.8. The van der Waals surface area contributed by atoms with Crippen molar-refractivity contribution >= 4 is 10.9 Å².